The molecule has 1 nitrogen and oxygen atoms in total. The van der Waals surface area contributed by atoms with Crippen molar-refractivity contribution in [2.24, 2.45) is 0 Å². The quantitative estimate of drug-likeness (QED) is 0.715. The summed E-state index contributed by atoms with van der Waals surface area (Å²) in [5.41, 5.74) is 0. The van der Waals surface area contributed by atoms with E-state index in [4.69, 9.17) is 39.5 Å². The van der Waals surface area contributed by atoms with Crippen molar-refractivity contribution in [3.63, 3.8) is 0 Å². The Kier molecular flexibility index (Phi) is 3.99. The Morgan fingerprint density at radius 3 is 2.25 bits per heavy atom. The Bertz CT molecular complexity index is 233. The van der Waals surface area contributed by atoms with Crippen molar-refractivity contribution in [1.82, 2.24) is 0 Å². The predicted molar refractivity (Wildman–Crippen MR) is 52.4 cm³/mol. The highest BCUT2D eigenvalue weighted by molar-refractivity contribution is 6.44. The van der Waals surface area contributed by atoms with Gasteiger partial charge in [0.15, 0.2) is 0 Å². The Labute approximate surface area is 86.2 Å². The molecule has 0 spiro atoms. The van der Waals surface area contributed by atoms with E-state index in [9.17, 15) is 0 Å². The predicted octanol–water partition coefficient (Wildman–Crippen LogP) is 3.52. The number of hydrogen-bond donors (Lipinski definition) is 0. The first-order chi connectivity index (χ1) is 5.68. The monoisotopic (exact) mass is 224 g/mol. The Morgan fingerprint density at radius 2 is 1.75 bits per heavy atom. The van der Waals surface area contributed by atoms with Crippen molar-refractivity contribution < 1.29 is 4.74 Å². The van der Waals surface area contributed by atoms with E-state index in [1.54, 1.807) is 24.3 Å². The van der Waals surface area contributed by atoms with Crippen LogP contribution in [0.3, 0.4) is 0 Å². The molecule has 0 N–H and O–H groups in total. The molecule has 0 unspecified atom stereocenters. The molecule has 4 heteroatoms. The maximum Gasteiger partial charge on any atom is 0.141 e. The number of hydrogen-bond acceptors (Lipinski definition) is 1. The zero-order valence-electron chi connectivity index (χ0n) is 6.14. The van der Waals surface area contributed by atoms with Crippen molar-refractivity contribution in [2.45, 2.75) is 4.84 Å². The van der Waals surface area contributed by atoms with Gasteiger partial charge in [0.25, 0.3) is 0 Å². The van der Waals surface area contributed by atoms with Gasteiger partial charge in [0.2, 0.25) is 0 Å². The van der Waals surface area contributed by atoms with Crippen molar-refractivity contribution in [2.75, 3.05) is 6.61 Å². The van der Waals surface area contributed by atoms with Crippen LogP contribution in [0.5, 0.6) is 5.75 Å². The maximum atomic E-state index is 5.67. The molecule has 12 heavy (non-hydrogen) atoms. The van der Waals surface area contributed by atoms with E-state index < -0.39 is 4.84 Å². The van der Waals surface area contributed by atoms with Gasteiger partial charge in [-0.3, -0.25) is 0 Å². The van der Waals surface area contributed by atoms with Gasteiger partial charge in [-0.15, -0.1) is 23.2 Å². The zero-order valence-corrected chi connectivity index (χ0v) is 8.40. The average molecular weight is 226 g/mol. The summed E-state index contributed by atoms with van der Waals surface area (Å²) in [6.07, 6.45) is 0. The Morgan fingerprint density at radius 1 is 1.17 bits per heavy atom. The smallest absolute Gasteiger partial charge is 0.141 e. The van der Waals surface area contributed by atoms with E-state index in [1.807, 2.05) is 0 Å². The van der Waals surface area contributed by atoms with Gasteiger partial charge in [0.05, 0.1) is 0 Å². The van der Waals surface area contributed by atoms with Gasteiger partial charge in [-0.1, -0.05) is 11.6 Å². The summed E-state index contributed by atoms with van der Waals surface area (Å²) >= 11 is 16.6. The van der Waals surface area contributed by atoms with Crippen LogP contribution in [0.1, 0.15) is 0 Å². The van der Waals surface area contributed by atoms with Gasteiger partial charge in [-0.25, -0.2) is 0 Å². The second kappa shape index (κ2) is 4.80. The first kappa shape index (κ1) is 9.97. The molecule has 0 heterocycles. The van der Waals surface area contributed by atoms with Gasteiger partial charge in [-0.2, -0.15) is 0 Å². The lowest BCUT2D eigenvalue weighted by atomic mass is 10.3. The topological polar surface area (TPSA) is 9.23 Å². The summed E-state index contributed by atoms with van der Waals surface area (Å²) < 4.78 is 5.20. The highest BCUT2D eigenvalue weighted by atomic mass is 35.5. The molecular formula is C8H7Cl3O. The first-order valence-corrected chi connectivity index (χ1v) is 4.60. The minimum atomic E-state index is -0.499. The first-order valence-electron chi connectivity index (χ1n) is 3.35. The summed E-state index contributed by atoms with van der Waals surface area (Å²) in [7, 11) is 0. The van der Waals surface area contributed by atoms with Crippen LogP contribution in [0.25, 0.3) is 0 Å². The lowest BCUT2D eigenvalue weighted by molar-refractivity contribution is 0.334. The third-order valence-electron chi connectivity index (χ3n) is 1.19. The molecule has 0 aromatic heterocycles. The summed E-state index contributed by atoms with van der Waals surface area (Å²) in [5.74, 6) is 0.714. The highest BCUT2D eigenvalue weighted by Crippen LogP contribution is 2.16. The molecule has 0 saturated heterocycles. The Balaban J connectivity index is 2.48. The number of ether oxygens (including phenoxy) is 1. The zero-order chi connectivity index (χ0) is 8.97. The summed E-state index contributed by atoms with van der Waals surface area (Å²) in [5, 5.41) is 0.677. The molecule has 66 valence electrons. The van der Waals surface area contributed by atoms with E-state index in [0.29, 0.717) is 10.8 Å². The van der Waals surface area contributed by atoms with Crippen LogP contribution in [-0.2, 0) is 0 Å². The third kappa shape index (κ3) is 3.53. The summed E-state index contributed by atoms with van der Waals surface area (Å²) in [4.78, 5) is -0.499. The number of alkyl halides is 2. The molecule has 0 radical (unpaired) electrons. The number of benzene rings is 1. The van der Waals surface area contributed by atoms with Gasteiger partial charge in [-0.05, 0) is 24.3 Å². The standard InChI is InChI=1S/C8H7Cl3O/c9-6-1-3-7(4-2-6)12-5-8(10)11/h1-4,8H,5H2. The van der Waals surface area contributed by atoms with Gasteiger partial charge >= 0.3 is 0 Å². The molecule has 1 rings (SSSR count). The molecule has 0 aliphatic rings. The molecule has 1 aromatic carbocycles. The largest absolute Gasteiger partial charge is 0.491 e. The minimum Gasteiger partial charge on any atom is -0.491 e. The minimum absolute atomic E-state index is 0.282. The van der Waals surface area contributed by atoms with Gasteiger partial charge in [0, 0.05) is 5.02 Å². The van der Waals surface area contributed by atoms with Gasteiger partial charge < -0.3 is 4.74 Å². The molecule has 0 saturated carbocycles. The summed E-state index contributed by atoms with van der Waals surface area (Å²) in [6, 6.07) is 7.01. The lowest BCUT2D eigenvalue weighted by Gasteiger charge is -2.05. The molecule has 0 atom stereocenters. The van der Waals surface area contributed by atoms with E-state index in [2.05, 4.69) is 0 Å². The lowest BCUT2D eigenvalue weighted by Crippen LogP contribution is -2.04. The van der Waals surface area contributed by atoms with Crippen molar-refractivity contribution in [3.05, 3.63) is 29.3 Å². The molecular weight excluding hydrogens is 218 g/mol. The summed E-state index contributed by atoms with van der Waals surface area (Å²) in [6.45, 7) is 0.282. The fourth-order valence-electron chi connectivity index (χ4n) is 0.690. The molecule has 0 amide bonds. The van der Waals surface area contributed by atoms with Crippen molar-refractivity contribution in [1.29, 1.82) is 0 Å². The van der Waals surface area contributed by atoms with Crippen LogP contribution in [-0.4, -0.2) is 11.4 Å². The third-order valence-corrected chi connectivity index (χ3v) is 1.69. The van der Waals surface area contributed by atoms with Crippen LogP contribution in [0.2, 0.25) is 5.02 Å². The molecule has 0 aliphatic heterocycles. The maximum absolute atomic E-state index is 5.67. The highest BCUT2D eigenvalue weighted by Gasteiger charge is 1.99. The van der Waals surface area contributed by atoms with Crippen LogP contribution >= 0.6 is 34.8 Å². The SMILES string of the molecule is Clc1ccc(OCC(Cl)Cl)cc1. The fraction of sp³-hybridized carbons (Fsp3) is 0.250. The average Bonchev–Trinajstić information content (AvgIpc) is 2.03. The van der Waals surface area contributed by atoms with E-state index in [-0.39, 0.29) is 6.61 Å². The molecule has 0 fully saturated rings. The second-order valence-electron chi connectivity index (χ2n) is 2.16. The van der Waals surface area contributed by atoms with E-state index in [0.717, 1.165) is 0 Å². The van der Waals surface area contributed by atoms with Crippen LogP contribution in [0.15, 0.2) is 24.3 Å². The molecule has 0 bridgehead atoms. The number of halogens is 3. The van der Waals surface area contributed by atoms with E-state index in [1.165, 1.54) is 0 Å². The van der Waals surface area contributed by atoms with Crippen LogP contribution in [0, 0.1) is 0 Å². The fourth-order valence-corrected chi connectivity index (χ4v) is 0.942. The second-order valence-corrected chi connectivity index (χ2v) is 3.87. The normalized spacial score (nSPS) is 10.3. The van der Waals surface area contributed by atoms with Crippen molar-refractivity contribution >= 4 is 34.8 Å². The van der Waals surface area contributed by atoms with Gasteiger partial charge in [0.1, 0.15) is 17.2 Å². The van der Waals surface area contributed by atoms with E-state index >= 15 is 0 Å². The van der Waals surface area contributed by atoms with Crippen molar-refractivity contribution in [3.8, 4) is 5.75 Å². The van der Waals surface area contributed by atoms with Crippen LogP contribution in [0.4, 0.5) is 0 Å². The Hall–Kier alpha value is -0.110. The molecule has 0 aliphatic carbocycles. The molecule has 1 aromatic rings. The number of rotatable bonds is 3. The van der Waals surface area contributed by atoms with Crippen LogP contribution < -0.4 is 4.74 Å².